The zero-order chi connectivity index (χ0) is 98.5. The molecule has 29 saturated carbocycles. The lowest BCUT2D eigenvalue weighted by Gasteiger charge is -2.59. The molecule has 29 aliphatic carbocycles. The first kappa shape index (κ1) is 98.2. The highest BCUT2D eigenvalue weighted by molar-refractivity contribution is 5.82. The number of aliphatic carboxylic acids is 4. The molecule has 33 fully saturated rings. The first-order chi connectivity index (χ1) is 67.3. The number of carboxylic acids is 4. The topological polar surface area (TPSA) is 502 Å². The predicted molar refractivity (Wildman–Crippen MR) is 486 cm³/mol. The Balaban J connectivity index is 0.000000105. The number of hydrogen-bond acceptors (Lipinski definition) is 30. The number of fused-ring (bicyclic) bond motifs is 3. The fourth-order valence-electron chi connectivity index (χ4n) is 39.3. The average molecular weight is 1990 g/mol. The SMILES string of the molecule is O=C(O)C1CC2CC1CC21OCC(C(COC(=O)C23CC4CC(CC(O)(C4)C2)C3)OC(=O)C23CC4CC(CC(O)(C4)C2)C3)CO1.O=C(O)C1CCC2(C1)OC(COC(=O)C13CC4CC(CC(O)(C4)C1)C3)C(COC(=O)C13CC4CC(CC(O)(C4)C1)C3)O2.O=C(O)C1CCC2(C1)OCC(COC(=O)C13CC4CC(CC(O)(C4)C1)C3)CO2.O=C(O)C1CCC2(C1)OCC(COC(=O)C13CC4CC(CC(O)(C4)C1)C3)O2. The van der Waals surface area contributed by atoms with Gasteiger partial charge < -0.3 is 117 Å². The summed E-state index contributed by atoms with van der Waals surface area (Å²) in [5.41, 5.74) is -8.26. The quantitative estimate of drug-likeness (QED) is 0.0355. The molecule has 4 spiro atoms. The monoisotopic (exact) mass is 1990 g/mol. The standard InChI is InChI=1S/C35H48O10.C32H44O10.C21H30O7.C20H28O7/c36-28(37)26-4-25-3-23(26)13-35(25)43-14-24(15-44-35)27(45-30(39)32-7-21-2-22(8-32)12-34(41,11-21)18-32)16-42-29(38)31-5-19-1-20(6-31)10-33(40,9-19)17-31;33-25(34)22-1-2-32(13-22)41-23(14-39-26(35)28-5-18-3-19(6-28)10-30(37,9-18)16-28)24(42-32)15-40-27(36)29-7-20-4-21(8-29)12-31(38,11-20)17-29;22-17(23)16-1-2-21(8-16)27-10-15(11-28-21)9-26-18(24)19-4-13-3-14(5-19)7-20(25,6-13)12-19;21-16(22)14-1-2-20(8-14)26-10-15(27-20)9-25-17(23)18-4-12-3-13(5-18)7-19(24,6-12)11-18/h19-27,40-41H,1-18H2,(H,36,37);18-24,37-38H,1-17H2,(H,33,34);13-16,25H,1-12H2,(H,22,23);12-15,24H,1-11H2,(H,21,22). The van der Waals surface area contributed by atoms with Crippen molar-refractivity contribution < 1.29 is 165 Å². The van der Waals surface area contributed by atoms with E-state index in [9.17, 15) is 99.0 Å². The van der Waals surface area contributed by atoms with Crippen LogP contribution in [0.3, 0.4) is 0 Å². The van der Waals surface area contributed by atoms with Gasteiger partial charge in [0.25, 0.3) is 0 Å². The van der Waals surface area contributed by atoms with Gasteiger partial charge in [-0.15, -0.1) is 0 Å². The number of carbonyl (C=O) groups excluding carboxylic acids is 6. The lowest BCUT2D eigenvalue weighted by atomic mass is 9.48. The highest BCUT2D eigenvalue weighted by atomic mass is 16.8. The number of rotatable bonds is 22. The third kappa shape index (κ3) is 17.9. The summed E-state index contributed by atoms with van der Waals surface area (Å²) in [7, 11) is 0. The summed E-state index contributed by atoms with van der Waals surface area (Å²) in [5.74, 6) is -5.88. The molecule has 33 aliphatic rings. The van der Waals surface area contributed by atoms with Crippen molar-refractivity contribution in [1.29, 1.82) is 0 Å². The molecule has 34 heteroatoms. The van der Waals surface area contributed by atoms with Gasteiger partial charge in [0.05, 0.1) is 129 Å². The van der Waals surface area contributed by atoms with Crippen molar-refractivity contribution in [1.82, 2.24) is 0 Å². The molecule has 786 valence electrons. The van der Waals surface area contributed by atoms with Crippen LogP contribution in [0.5, 0.6) is 0 Å². The van der Waals surface area contributed by atoms with Crippen LogP contribution in [-0.4, -0.2) is 258 Å². The van der Waals surface area contributed by atoms with E-state index in [4.69, 9.17) is 66.3 Å². The highest BCUT2D eigenvalue weighted by Gasteiger charge is 2.71. The van der Waals surface area contributed by atoms with E-state index in [1.807, 2.05) is 0 Å². The Labute approximate surface area is 827 Å². The van der Waals surface area contributed by atoms with E-state index in [0.29, 0.717) is 194 Å². The van der Waals surface area contributed by atoms with Crippen molar-refractivity contribution in [2.45, 2.75) is 389 Å². The lowest BCUT2D eigenvalue weighted by molar-refractivity contribution is -0.315. The van der Waals surface area contributed by atoms with Gasteiger partial charge >= 0.3 is 59.7 Å². The van der Waals surface area contributed by atoms with E-state index >= 15 is 0 Å². The van der Waals surface area contributed by atoms with Gasteiger partial charge in [0, 0.05) is 62.7 Å². The van der Waals surface area contributed by atoms with Crippen molar-refractivity contribution >= 4 is 59.7 Å². The Morgan fingerprint density at radius 2 is 0.599 bits per heavy atom. The van der Waals surface area contributed by atoms with Crippen LogP contribution >= 0.6 is 0 Å². The molecule has 0 aromatic rings. The van der Waals surface area contributed by atoms with Gasteiger partial charge in [-0.05, 0) is 340 Å². The number of carboxylic acid groups (broad SMARTS) is 4. The Morgan fingerprint density at radius 1 is 0.289 bits per heavy atom. The molecule has 23 atom stereocenters. The summed E-state index contributed by atoms with van der Waals surface area (Å²) >= 11 is 0. The zero-order valence-corrected chi connectivity index (χ0v) is 82.1. The largest absolute Gasteiger partial charge is 0.481 e. The van der Waals surface area contributed by atoms with Crippen LogP contribution in [0.2, 0.25) is 0 Å². The van der Waals surface area contributed by atoms with Crippen LogP contribution in [0.15, 0.2) is 0 Å². The number of hydrogen-bond donors (Lipinski definition) is 10. The third-order valence-electron chi connectivity index (χ3n) is 42.4. The van der Waals surface area contributed by atoms with Crippen molar-refractivity contribution in [3.8, 4) is 0 Å². The summed E-state index contributed by atoms with van der Waals surface area (Å²) in [4.78, 5) is 127. The second kappa shape index (κ2) is 34.9. The van der Waals surface area contributed by atoms with Gasteiger partial charge in [-0.3, -0.25) is 47.9 Å². The minimum absolute atomic E-state index is 0.0260. The van der Waals surface area contributed by atoms with Crippen LogP contribution in [0.1, 0.15) is 308 Å². The third-order valence-corrected chi connectivity index (χ3v) is 42.4. The normalized spacial score (nSPS) is 52.2. The summed E-state index contributed by atoms with van der Waals surface area (Å²) < 4.78 is 84.8. The van der Waals surface area contributed by atoms with Gasteiger partial charge in [0.1, 0.15) is 50.8 Å². The lowest BCUT2D eigenvalue weighted by Crippen LogP contribution is -2.60. The Bertz CT molecular complexity index is 4810. The minimum Gasteiger partial charge on any atom is -0.481 e. The summed E-state index contributed by atoms with van der Waals surface area (Å²) in [6, 6.07) is 0. The molecule has 142 heavy (non-hydrogen) atoms. The van der Waals surface area contributed by atoms with Crippen LogP contribution in [0, 0.1) is 151 Å². The van der Waals surface area contributed by atoms with Crippen LogP contribution in [0.4, 0.5) is 0 Å². The molecule has 4 heterocycles. The molecule has 0 aromatic heterocycles. The first-order valence-electron chi connectivity index (χ1n) is 54.9. The summed E-state index contributed by atoms with van der Waals surface area (Å²) in [6.07, 6.45) is 31.5. The number of esters is 6. The molecule has 0 amide bonds. The minimum atomic E-state index is -1.11. The Kier molecular flexibility index (Phi) is 24.1. The van der Waals surface area contributed by atoms with Gasteiger partial charge in [0.2, 0.25) is 0 Å². The molecular formula is C108H150O34. The van der Waals surface area contributed by atoms with E-state index in [1.54, 1.807) is 0 Å². The van der Waals surface area contributed by atoms with Crippen LogP contribution in [-0.2, 0) is 114 Å². The highest BCUT2D eigenvalue weighted by Crippen LogP contribution is 2.70. The van der Waals surface area contributed by atoms with Gasteiger partial charge in [0.15, 0.2) is 23.1 Å². The maximum Gasteiger partial charge on any atom is 0.312 e. The van der Waals surface area contributed by atoms with E-state index in [2.05, 4.69) is 0 Å². The summed E-state index contributed by atoms with van der Waals surface area (Å²) in [6.45, 7) is 1.84. The Morgan fingerprint density at radius 3 is 0.930 bits per heavy atom. The van der Waals surface area contributed by atoms with E-state index in [0.717, 1.165) is 199 Å². The van der Waals surface area contributed by atoms with Crippen LogP contribution < -0.4 is 0 Å². The van der Waals surface area contributed by atoms with Crippen molar-refractivity contribution in [3.63, 3.8) is 0 Å². The van der Waals surface area contributed by atoms with E-state index in [-0.39, 0.29) is 124 Å². The second-order valence-corrected chi connectivity index (χ2v) is 53.9. The van der Waals surface area contributed by atoms with Gasteiger partial charge in [-0.25, -0.2) is 0 Å². The molecule has 4 aliphatic heterocycles. The van der Waals surface area contributed by atoms with Gasteiger partial charge in [-0.2, -0.15) is 0 Å². The molecule has 34 nitrogen and oxygen atoms in total. The Hall–Kier alpha value is -5.86. The van der Waals surface area contributed by atoms with E-state index < -0.39 is 149 Å². The first-order valence-corrected chi connectivity index (χ1v) is 54.9. The molecule has 26 bridgehead atoms. The average Bonchev–Trinajstić information content (AvgIpc) is 1.17. The fourth-order valence-corrected chi connectivity index (χ4v) is 39.3. The molecular weight excluding hydrogens is 1840 g/mol. The molecule has 23 unspecified atom stereocenters. The molecule has 33 rings (SSSR count). The molecule has 10 N–H and O–H groups in total. The number of ether oxygens (including phenoxy) is 14. The van der Waals surface area contributed by atoms with Crippen LogP contribution in [0.25, 0.3) is 0 Å². The predicted octanol–water partition coefficient (Wildman–Crippen LogP) is 10.7. The van der Waals surface area contributed by atoms with E-state index in [1.165, 1.54) is 0 Å². The maximum absolute atomic E-state index is 14.1. The fraction of sp³-hybridized carbons (Fsp3) is 0.907. The number of carbonyl (C=O) groups is 10. The van der Waals surface area contributed by atoms with Crippen molar-refractivity contribution in [2.75, 3.05) is 66.1 Å². The van der Waals surface area contributed by atoms with Crippen molar-refractivity contribution in [3.05, 3.63) is 0 Å². The molecule has 0 radical (unpaired) electrons. The zero-order valence-electron chi connectivity index (χ0n) is 82.1. The molecule has 4 saturated heterocycles. The maximum atomic E-state index is 14.1. The smallest absolute Gasteiger partial charge is 0.312 e. The second-order valence-electron chi connectivity index (χ2n) is 53.9. The van der Waals surface area contributed by atoms with Crippen molar-refractivity contribution in [2.24, 2.45) is 151 Å². The summed E-state index contributed by atoms with van der Waals surface area (Å²) in [5, 5.41) is 104. The van der Waals surface area contributed by atoms with Gasteiger partial charge in [-0.1, -0.05) is 0 Å². The number of aliphatic hydroxyl groups is 6. The molecule has 0 aromatic carbocycles.